The van der Waals surface area contributed by atoms with Crippen LogP contribution in [0, 0.1) is 5.41 Å². The van der Waals surface area contributed by atoms with Gasteiger partial charge in [0.15, 0.2) is 5.82 Å². The maximum Gasteiger partial charge on any atom is 0.161 e. The molecule has 0 radical (unpaired) electrons. The van der Waals surface area contributed by atoms with Crippen molar-refractivity contribution in [2.75, 3.05) is 12.4 Å². The second-order valence-corrected chi connectivity index (χ2v) is 8.07. The van der Waals surface area contributed by atoms with Gasteiger partial charge in [-0.15, -0.1) is 0 Å². The van der Waals surface area contributed by atoms with E-state index in [0.29, 0.717) is 11.6 Å². The molecule has 2 aromatic heterocycles. The molecule has 1 fully saturated rings. The fourth-order valence-electron chi connectivity index (χ4n) is 4.06. The van der Waals surface area contributed by atoms with Crippen LogP contribution < -0.4 is 10.6 Å². The normalized spacial score (nSPS) is 18.9. The number of nitrogens with zero attached hydrogens (tertiary/aromatic N) is 4. The second kappa shape index (κ2) is 9.74. The van der Waals surface area contributed by atoms with E-state index in [1.165, 1.54) is 6.21 Å². The molecule has 2 heterocycles. The van der Waals surface area contributed by atoms with Crippen molar-refractivity contribution >= 4 is 17.6 Å². The first-order valence-corrected chi connectivity index (χ1v) is 10.9. The van der Waals surface area contributed by atoms with Crippen LogP contribution in [0.1, 0.15) is 31.2 Å². The lowest BCUT2D eigenvalue weighted by atomic mass is 9.92. The first kappa shape index (κ1) is 21.7. The van der Waals surface area contributed by atoms with Gasteiger partial charge in [-0.2, -0.15) is 5.10 Å². The minimum absolute atomic E-state index is 0.0451. The van der Waals surface area contributed by atoms with Gasteiger partial charge in [-0.25, -0.2) is 9.97 Å². The molecular weight excluding hydrogens is 402 g/mol. The SMILES string of the molecule is CN/C=C(\C=N)c1cccc(-c2ncc(-c3cnn(C)c3)c(NC3CCCC[C@H]3O)n2)c1. The Kier molecular flexibility index (Phi) is 6.61. The van der Waals surface area contributed by atoms with Crippen LogP contribution in [-0.4, -0.2) is 50.3 Å². The van der Waals surface area contributed by atoms with Gasteiger partial charge >= 0.3 is 0 Å². The van der Waals surface area contributed by atoms with Crippen LogP contribution in [0.5, 0.6) is 0 Å². The summed E-state index contributed by atoms with van der Waals surface area (Å²) in [5.74, 6) is 1.28. The van der Waals surface area contributed by atoms with Gasteiger partial charge in [-0.1, -0.05) is 31.0 Å². The number of aliphatic hydroxyl groups excluding tert-OH is 1. The van der Waals surface area contributed by atoms with Crippen molar-refractivity contribution in [3.63, 3.8) is 0 Å². The van der Waals surface area contributed by atoms with Crippen molar-refractivity contribution in [1.29, 1.82) is 5.41 Å². The minimum Gasteiger partial charge on any atom is -0.393 e. The number of hydrogen-bond donors (Lipinski definition) is 4. The average molecular weight is 432 g/mol. The molecule has 0 bridgehead atoms. The second-order valence-electron chi connectivity index (χ2n) is 8.07. The molecule has 3 aromatic rings. The van der Waals surface area contributed by atoms with Crippen molar-refractivity contribution in [1.82, 2.24) is 25.1 Å². The zero-order chi connectivity index (χ0) is 22.5. The molecule has 4 N–H and O–H groups in total. The van der Waals surface area contributed by atoms with Crippen LogP contribution in [0.2, 0.25) is 0 Å². The Bertz CT molecular complexity index is 1120. The van der Waals surface area contributed by atoms with E-state index in [9.17, 15) is 5.11 Å². The zero-order valence-corrected chi connectivity index (χ0v) is 18.4. The number of hydrogen-bond acceptors (Lipinski definition) is 7. The molecule has 0 saturated heterocycles. The topological polar surface area (TPSA) is 112 Å². The maximum absolute atomic E-state index is 10.5. The Hall–Kier alpha value is -3.52. The van der Waals surface area contributed by atoms with Crippen LogP contribution in [0.25, 0.3) is 28.1 Å². The van der Waals surface area contributed by atoms with E-state index in [0.717, 1.165) is 53.5 Å². The predicted octanol–water partition coefficient (Wildman–Crippen LogP) is 3.47. The molecule has 0 spiro atoms. The molecular formula is C24H29N7O. The van der Waals surface area contributed by atoms with Gasteiger partial charge < -0.3 is 21.1 Å². The summed E-state index contributed by atoms with van der Waals surface area (Å²) >= 11 is 0. The van der Waals surface area contributed by atoms with Crippen molar-refractivity contribution in [2.45, 2.75) is 37.8 Å². The van der Waals surface area contributed by atoms with Crippen LogP contribution >= 0.6 is 0 Å². The summed E-state index contributed by atoms with van der Waals surface area (Å²) in [6.45, 7) is 0. The van der Waals surface area contributed by atoms with E-state index in [1.54, 1.807) is 17.1 Å². The number of nitrogens with one attached hydrogen (secondary N) is 3. The molecule has 32 heavy (non-hydrogen) atoms. The van der Waals surface area contributed by atoms with Crippen LogP contribution in [0.3, 0.4) is 0 Å². The Balaban J connectivity index is 1.74. The van der Waals surface area contributed by atoms with Gasteiger partial charge in [-0.3, -0.25) is 4.68 Å². The molecule has 8 nitrogen and oxygen atoms in total. The van der Waals surface area contributed by atoms with Crippen molar-refractivity contribution in [3.8, 4) is 22.5 Å². The van der Waals surface area contributed by atoms with Gasteiger partial charge in [0, 0.05) is 61.2 Å². The predicted molar refractivity (Wildman–Crippen MR) is 127 cm³/mol. The number of allylic oxidation sites excluding steroid dienone is 1. The summed E-state index contributed by atoms with van der Waals surface area (Å²) in [5, 5.41) is 28.9. The highest BCUT2D eigenvalue weighted by Crippen LogP contribution is 2.31. The average Bonchev–Trinajstić information content (AvgIpc) is 3.25. The van der Waals surface area contributed by atoms with Crippen molar-refractivity contribution < 1.29 is 5.11 Å². The van der Waals surface area contributed by atoms with Crippen LogP contribution in [0.4, 0.5) is 5.82 Å². The van der Waals surface area contributed by atoms with Gasteiger partial charge in [0.2, 0.25) is 0 Å². The van der Waals surface area contributed by atoms with Gasteiger partial charge in [-0.05, 0) is 24.5 Å². The molecule has 1 aromatic carbocycles. The highest BCUT2D eigenvalue weighted by molar-refractivity contribution is 6.08. The summed E-state index contributed by atoms with van der Waals surface area (Å²) in [6, 6.07) is 7.79. The summed E-state index contributed by atoms with van der Waals surface area (Å²) in [7, 11) is 3.69. The van der Waals surface area contributed by atoms with E-state index in [-0.39, 0.29) is 6.04 Å². The minimum atomic E-state index is -0.394. The number of aliphatic hydroxyl groups is 1. The molecule has 1 aliphatic rings. The lowest BCUT2D eigenvalue weighted by Gasteiger charge is -2.29. The van der Waals surface area contributed by atoms with Crippen molar-refractivity contribution in [3.05, 3.63) is 54.6 Å². The summed E-state index contributed by atoms with van der Waals surface area (Å²) in [6.07, 6.45) is 12.1. The van der Waals surface area contributed by atoms with E-state index in [2.05, 4.69) is 20.7 Å². The third-order valence-electron chi connectivity index (χ3n) is 5.77. The van der Waals surface area contributed by atoms with E-state index in [4.69, 9.17) is 10.4 Å². The van der Waals surface area contributed by atoms with Crippen LogP contribution in [-0.2, 0) is 7.05 Å². The van der Waals surface area contributed by atoms with Gasteiger partial charge in [0.25, 0.3) is 0 Å². The first-order chi connectivity index (χ1) is 15.6. The number of anilines is 1. The number of rotatable bonds is 7. The van der Waals surface area contributed by atoms with Gasteiger partial charge in [0.05, 0.1) is 18.3 Å². The quantitative estimate of drug-likeness (QED) is 0.426. The Labute approximate surface area is 187 Å². The Morgan fingerprint density at radius 3 is 2.78 bits per heavy atom. The smallest absolute Gasteiger partial charge is 0.161 e. The zero-order valence-electron chi connectivity index (χ0n) is 18.4. The van der Waals surface area contributed by atoms with Crippen LogP contribution in [0.15, 0.2) is 49.1 Å². The molecule has 0 amide bonds. The van der Waals surface area contributed by atoms with E-state index < -0.39 is 6.10 Å². The summed E-state index contributed by atoms with van der Waals surface area (Å²) < 4.78 is 1.75. The lowest BCUT2D eigenvalue weighted by Crippen LogP contribution is -2.36. The summed E-state index contributed by atoms with van der Waals surface area (Å²) in [5.41, 5.74) is 4.31. The Morgan fingerprint density at radius 1 is 1.22 bits per heavy atom. The highest BCUT2D eigenvalue weighted by Gasteiger charge is 2.25. The third kappa shape index (κ3) is 4.70. The first-order valence-electron chi connectivity index (χ1n) is 10.9. The molecule has 1 aliphatic carbocycles. The van der Waals surface area contributed by atoms with Gasteiger partial charge in [0.1, 0.15) is 5.82 Å². The largest absolute Gasteiger partial charge is 0.393 e. The van der Waals surface area contributed by atoms with E-state index >= 15 is 0 Å². The molecule has 1 unspecified atom stereocenters. The highest BCUT2D eigenvalue weighted by atomic mass is 16.3. The summed E-state index contributed by atoms with van der Waals surface area (Å²) in [4.78, 5) is 9.50. The molecule has 8 heteroatoms. The number of benzene rings is 1. The molecule has 2 atom stereocenters. The Morgan fingerprint density at radius 2 is 2.06 bits per heavy atom. The number of aromatic nitrogens is 4. The lowest BCUT2D eigenvalue weighted by molar-refractivity contribution is 0.116. The molecule has 166 valence electrons. The fourth-order valence-corrected chi connectivity index (χ4v) is 4.06. The van der Waals surface area contributed by atoms with E-state index in [1.807, 2.05) is 50.8 Å². The number of aryl methyl sites for hydroxylation is 1. The fraction of sp³-hybridized carbons (Fsp3) is 0.333. The molecule has 4 rings (SSSR count). The monoisotopic (exact) mass is 431 g/mol. The molecule has 0 aliphatic heterocycles. The molecule has 1 saturated carbocycles. The maximum atomic E-state index is 10.5. The standard InChI is InChI=1S/C24H29N7O/c1-26-12-18(11-25)16-6-5-7-17(10-16)23-27-14-20(19-13-28-31(2)15-19)24(30-23)29-21-8-3-4-9-22(21)32/h5-7,10-15,21-22,25-26,32H,3-4,8-9H2,1-2H3,(H,27,29,30)/b18-12+,25-11?/t21?,22-/m1/s1. The third-order valence-corrected chi connectivity index (χ3v) is 5.77. The van der Waals surface area contributed by atoms with Crippen molar-refractivity contribution in [2.24, 2.45) is 7.05 Å².